The maximum Gasteiger partial charge on any atom is 0.0898 e. The molecule has 0 aromatic carbocycles. The molecule has 0 N–H and O–H groups in total. The van der Waals surface area contributed by atoms with E-state index in [1.54, 1.807) is 0 Å². The lowest BCUT2D eigenvalue weighted by Crippen LogP contribution is -2.44. The van der Waals surface area contributed by atoms with Gasteiger partial charge in [-0.25, -0.2) is 0 Å². The minimum Gasteiger partial charge on any atom is -0.374 e. The molecule has 2 heterocycles. The number of rotatable bonds is 3. The van der Waals surface area contributed by atoms with Crippen molar-refractivity contribution in [2.75, 3.05) is 26.2 Å². The van der Waals surface area contributed by atoms with E-state index in [4.69, 9.17) is 4.74 Å². The molecule has 84 valence electrons. The minimum absolute atomic E-state index is 0.290. The average molecular weight is 209 g/mol. The van der Waals surface area contributed by atoms with E-state index in [0.717, 1.165) is 32.8 Å². The molecule has 4 nitrogen and oxygen atoms in total. The van der Waals surface area contributed by atoms with Gasteiger partial charge < -0.3 is 4.74 Å². The van der Waals surface area contributed by atoms with Crippen LogP contribution in [0.3, 0.4) is 0 Å². The highest BCUT2D eigenvalue weighted by Gasteiger charge is 2.19. The van der Waals surface area contributed by atoms with Gasteiger partial charge in [0.1, 0.15) is 0 Å². The Bertz CT molecular complexity index is 311. The highest BCUT2D eigenvalue weighted by Crippen LogP contribution is 2.07. The monoisotopic (exact) mass is 209 g/mol. The number of hydrogen-bond acceptors (Lipinski definition) is 3. The van der Waals surface area contributed by atoms with Crippen LogP contribution in [0.5, 0.6) is 0 Å². The first-order valence-corrected chi connectivity index (χ1v) is 5.61. The molecule has 0 radical (unpaired) electrons. The number of likely N-dealkylation sites (N-methyl/N-ethyl adjacent to an activating group) is 1. The van der Waals surface area contributed by atoms with E-state index in [0.29, 0.717) is 0 Å². The fourth-order valence-corrected chi connectivity index (χ4v) is 1.95. The smallest absolute Gasteiger partial charge is 0.0898 e. The Morgan fingerprint density at radius 1 is 1.60 bits per heavy atom. The summed E-state index contributed by atoms with van der Waals surface area (Å²) in [6.45, 7) is 9.16. The molecule has 0 bridgehead atoms. The summed E-state index contributed by atoms with van der Waals surface area (Å²) in [5.41, 5.74) is 1.21. The van der Waals surface area contributed by atoms with Crippen molar-refractivity contribution >= 4 is 0 Å². The maximum atomic E-state index is 5.72. The third kappa shape index (κ3) is 2.79. The van der Waals surface area contributed by atoms with E-state index >= 15 is 0 Å². The zero-order chi connectivity index (χ0) is 10.7. The molecule has 1 fully saturated rings. The first-order valence-electron chi connectivity index (χ1n) is 5.61. The quantitative estimate of drug-likeness (QED) is 0.741. The van der Waals surface area contributed by atoms with Crippen LogP contribution in [-0.2, 0) is 11.3 Å². The van der Waals surface area contributed by atoms with E-state index in [-0.39, 0.29) is 6.10 Å². The molecule has 1 atom stereocenters. The number of aryl methyl sites for hydroxylation is 1. The Hall–Kier alpha value is -0.870. The standard InChI is InChI=1S/C11H19N3O/c1-3-13-4-5-15-11(8-13)9-14-7-10(2)6-12-14/h6-7,11H,3-5,8-9H2,1-2H3/t11-/m0/s1. The minimum atomic E-state index is 0.290. The lowest BCUT2D eigenvalue weighted by Gasteiger charge is -2.31. The SMILES string of the molecule is CCN1CCO[C@H](Cn2cc(C)cn2)C1. The van der Waals surface area contributed by atoms with Gasteiger partial charge in [0.15, 0.2) is 0 Å². The number of ether oxygens (including phenoxy) is 1. The molecule has 0 spiro atoms. The average Bonchev–Trinajstić information content (AvgIpc) is 2.64. The third-order valence-electron chi connectivity index (χ3n) is 2.82. The van der Waals surface area contributed by atoms with Crippen LogP contribution >= 0.6 is 0 Å². The molecule has 1 aromatic rings. The van der Waals surface area contributed by atoms with Gasteiger partial charge in [-0.2, -0.15) is 5.10 Å². The summed E-state index contributed by atoms with van der Waals surface area (Å²) < 4.78 is 7.69. The Morgan fingerprint density at radius 3 is 3.13 bits per heavy atom. The fourth-order valence-electron chi connectivity index (χ4n) is 1.95. The Balaban J connectivity index is 1.88. The summed E-state index contributed by atoms with van der Waals surface area (Å²) in [5.74, 6) is 0. The van der Waals surface area contributed by atoms with Crippen LogP contribution in [0.25, 0.3) is 0 Å². The van der Waals surface area contributed by atoms with Gasteiger partial charge in [-0.1, -0.05) is 6.92 Å². The number of nitrogens with zero attached hydrogens (tertiary/aromatic N) is 3. The summed E-state index contributed by atoms with van der Waals surface area (Å²) in [4.78, 5) is 2.42. The molecule has 0 saturated carbocycles. The van der Waals surface area contributed by atoms with Crippen molar-refractivity contribution in [3.05, 3.63) is 18.0 Å². The molecule has 2 rings (SSSR count). The normalized spacial score (nSPS) is 23.2. The predicted molar refractivity (Wildman–Crippen MR) is 58.8 cm³/mol. The second-order valence-corrected chi connectivity index (χ2v) is 4.13. The zero-order valence-electron chi connectivity index (χ0n) is 9.52. The molecule has 1 aliphatic heterocycles. The van der Waals surface area contributed by atoms with E-state index in [1.807, 2.05) is 10.9 Å². The third-order valence-corrected chi connectivity index (χ3v) is 2.82. The van der Waals surface area contributed by atoms with Crippen LogP contribution in [-0.4, -0.2) is 47.0 Å². The topological polar surface area (TPSA) is 30.3 Å². The van der Waals surface area contributed by atoms with E-state index in [2.05, 4.69) is 30.0 Å². The van der Waals surface area contributed by atoms with Gasteiger partial charge in [0.25, 0.3) is 0 Å². The van der Waals surface area contributed by atoms with Crippen molar-refractivity contribution in [3.8, 4) is 0 Å². The first-order chi connectivity index (χ1) is 7.28. The number of morpholine rings is 1. The van der Waals surface area contributed by atoms with E-state index in [1.165, 1.54) is 5.56 Å². The van der Waals surface area contributed by atoms with Crippen molar-refractivity contribution in [1.82, 2.24) is 14.7 Å². The number of aromatic nitrogens is 2. The summed E-state index contributed by atoms with van der Waals surface area (Å²) in [6, 6.07) is 0. The van der Waals surface area contributed by atoms with Crippen LogP contribution in [0.4, 0.5) is 0 Å². The molecule has 0 unspecified atom stereocenters. The maximum absolute atomic E-state index is 5.72. The first kappa shape index (κ1) is 10.6. The van der Waals surface area contributed by atoms with Gasteiger partial charge in [0.2, 0.25) is 0 Å². The van der Waals surface area contributed by atoms with E-state index in [9.17, 15) is 0 Å². The molecule has 4 heteroatoms. The Morgan fingerprint density at radius 2 is 2.47 bits per heavy atom. The van der Waals surface area contributed by atoms with Gasteiger partial charge in [0, 0.05) is 19.3 Å². The lowest BCUT2D eigenvalue weighted by atomic mass is 10.2. The van der Waals surface area contributed by atoms with Gasteiger partial charge in [-0.05, 0) is 19.0 Å². The van der Waals surface area contributed by atoms with Gasteiger partial charge in [-0.15, -0.1) is 0 Å². The molecular weight excluding hydrogens is 190 g/mol. The van der Waals surface area contributed by atoms with Crippen LogP contribution in [0.15, 0.2) is 12.4 Å². The lowest BCUT2D eigenvalue weighted by molar-refractivity contribution is -0.0358. The van der Waals surface area contributed by atoms with E-state index < -0.39 is 0 Å². The molecule has 1 aliphatic rings. The van der Waals surface area contributed by atoms with Crippen LogP contribution in [0, 0.1) is 6.92 Å². The van der Waals surface area contributed by atoms with Crippen molar-refractivity contribution in [2.24, 2.45) is 0 Å². The number of hydrogen-bond donors (Lipinski definition) is 0. The Kier molecular flexibility index (Phi) is 3.38. The second kappa shape index (κ2) is 4.77. The highest BCUT2D eigenvalue weighted by atomic mass is 16.5. The fraction of sp³-hybridized carbons (Fsp3) is 0.727. The van der Waals surface area contributed by atoms with Gasteiger partial charge in [-0.3, -0.25) is 9.58 Å². The molecule has 0 aliphatic carbocycles. The second-order valence-electron chi connectivity index (χ2n) is 4.13. The molecule has 15 heavy (non-hydrogen) atoms. The molecule has 1 aromatic heterocycles. The van der Waals surface area contributed by atoms with Crippen LogP contribution in [0.1, 0.15) is 12.5 Å². The van der Waals surface area contributed by atoms with Gasteiger partial charge >= 0.3 is 0 Å². The summed E-state index contributed by atoms with van der Waals surface area (Å²) >= 11 is 0. The highest BCUT2D eigenvalue weighted by molar-refractivity contribution is 4.99. The van der Waals surface area contributed by atoms with Crippen molar-refractivity contribution < 1.29 is 4.74 Å². The van der Waals surface area contributed by atoms with Crippen LogP contribution < -0.4 is 0 Å². The van der Waals surface area contributed by atoms with Crippen molar-refractivity contribution in [2.45, 2.75) is 26.5 Å². The summed E-state index contributed by atoms with van der Waals surface area (Å²) in [5, 5.41) is 4.28. The molecule has 1 saturated heterocycles. The van der Waals surface area contributed by atoms with Gasteiger partial charge in [0.05, 0.1) is 25.5 Å². The molecular formula is C11H19N3O. The zero-order valence-corrected chi connectivity index (χ0v) is 9.52. The summed E-state index contributed by atoms with van der Waals surface area (Å²) in [6.07, 6.45) is 4.24. The Labute approximate surface area is 90.8 Å². The predicted octanol–water partition coefficient (Wildman–Crippen LogP) is 0.912. The van der Waals surface area contributed by atoms with Crippen molar-refractivity contribution in [3.63, 3.8) is 0 Å². The van der Waals surface area contributed by atoms with Crippen LogP contribution in [0.2, 0.25) is 0 Å². The summed E-state index contributed by atoms with van der Waals surface area (Å²) in [7, 11) is 0. The van der Waals surface area contributed by atoms with Crippen molar-refractivity contribution in [1.29, 1.82) is 0 Å². The largest absolute Gasteiger partial charge is 0.374 e. The molecule has 0 amide bonds.